The molecular formula is C25H24ClN3O5S2. The van der Waals surface area contributed by atoms with E-state index >= 15 is 0 Å². The summed E-state index contributed by atoms with van der Waals surface area (Å²) in [5.41, 5.74) is 7.01. The average Bonchev–Trinajstić information content (AvgIpc) is 3.43. The SMILES string of the molecule is C=CCN(c1ccccc1OC)S(=O)(=O)c1ccc(Cl)c(C(=O)Nc2sc3c(c2C(N)=O)CCC3)c1. The van der Waals surface area contributed by atoms with E-state index in [0.29, 0.717) is 22.0 Å². The third-order valence-corrected chi connectivity index (χ3v) is 9.13. The van der Waals surface area contributed by atoms with E-state index in [4.69, 9.17) is 22.1 Å². The Morgan fingerprint density at radius 3 is 2.69 bits per heavy atom. The third-order valence-electron chi connectivity index (χ3n) is 5.81. The van der Waals surface area contributed by atoms with Gasteiger partial charge in [-0.3, -0.25) is 13.9 Å². The predicted octanol–water partition coefficient (Wildman–Crippen LogP) is 4.63. The van der Waals surface area contributed by atoms with E-state index in [1.54, 1.807) is 24.3 Å². The van der Waals surface area contributed by atoms with E-state index in [0.717, 1.165) is 34.0 Å². The van der Waals surface area contributed by atoms with Gasteiger partial charge in [-0.15, -0.1) is 17.9 Å². The average molecular weight is 546 g/mol. The Morgan fingerprint density at radius 1 is 1.25 bits per heavy atom. The topological polar surface area (TPSA) is 119 Å². The number of aryl methyl sites for hydroxylation is 1. The van der Waals surface area contributed by atoms with Gasteiger partial charge in [0.15, 0.2) is 0 Å². The van der Waals surface area contributed by atoms with Gasteiger partial charge < -0.3 is 15.8 Å². The number of anilines is 2. The maximum Gasteiger partial charge on any atom is 0.264 e. The Bertz CT molecular complexity index is 1470. The molecule has 0 atom stereocenters. The second-order valence-electron chi connectivity index (χ2n) is 8.02. The van der Waals surface area contributed by atoms with Crippen molar-refractivity contribution in [2.24, 2.45) is 5.73 Å². The Kier molecular flexibility index (Phi) is 7.39. The number of hydrogen-bond acceptors (Lipinski definition) is 6. The first-order valence-electron chi connectivity index (χ1n) is 11.0. The van der Waals surface area contributed by atoms with Gasteiger partial charge in [-0.1, -0.05) is 29.8 Å². The first kappa shape index (κ1) is 25.7. The Hall–Kier alpha value is -3.34. The van der Waals surface area contributed by atoms with Crippen molar-refractivity contribution >= 4 is 55.5 Å². The van der Waals surface area contributed by atoms with Crippen LogP contribution in [0.5, 0.6) is 5.75 Å². The highest BCUT2D eigenvalue weighted by Crippen LogP contribution is 2.39. The number of carbonyl (C=O) groups excluding carboxylic acids is 2. The van der Waals surface area contributed by atoms with Gasteiger partial charge in [0.05, 0.1) is 40.4 Å². The number of sulfonamides is 1. The van der Waals surface area contributed by atoms with Crippen molar-refractivity contribution in [3.63, 3.8) is 0 Å². The lowest BCUT2D eigenvalue weighted by Gasteiger charge is -2.25. The van der Waals surface area contributed by atoms with E-state index in [1.165, 1.54) is 42.7 Å². The van der Waals surface area contributed by atoms with E-state index in [9.17, 15) is 18.0 Å². The molecule has 1 heterocycles. The number of hydrogen-bond donors (Lipinski definition) is 2. The van der Waals surface area contributed by atoms with E-state index in [1.807, 2.05) is 0 Å². The number of fused-ring (bicyclic) bond motifs is 1. The lowest BCUT2D eigenvalue weighted by Crippen LogP contribution is -2.31. The Morgan fingerprint density at radius 2 is 2.00 bits per heavy atom. The van der Waals surface area contributed by atoms with Crippen LogP contribution in [0.3, 0.4) is 0 Å². The molecule has 0 aliphatic heterocycles. The third kappa shape index (κ3) is 4.71. The molecule has 0 spiro atoms. The van der Waals surface area contributed by atoms with Crippen molar-refractivity contribution in [1.29, 1.82) is 0 Å². The van der Waals surface area contributed by atoms with Crippen molar-refractivity contribution in [2.75, 3.05) is 23.3 Å². The fraction of sp³-hybridized carbons (Fsp3) is 0.200. The van der Waals surface area contributed by atoms with Crippen molar-refractivity contribution < 1.29 is 22.7 Å². The molecule has 188 valence electrons. The molecule has 0 saturated carbocycles. The molecule has 1 aliphatic rings. The molecule has 4 rings (SSSR count). The largest absolute Gasteiger partial charge is 0.495 e. The van der Waals surface area contributed by atoms with Gasteiger partial charge >= 0.3 is 0 Å². The minimum absolute atomic E-state index is 0.0322. The number of carbonyl (C=O) groups is 2. The smallest absolute Gasteiger partial charge is 0.264 e. The second kappa shape index (κ2) is 10.3. The van der Waals surface area contributed by atoms with E-state index < -0.39 is 21.8 Å². The van der Waals surface area contributed by atoms with Gasteiger partial charge in [0.25, 0.3) is 21.8 Å². The molecule has 1 aliphatic carbocycles. The van der Waals surface area contributed by atoms with Crippen LogP contribution in [0.2, 0.25) is 5.02 Å². The number of para-hydroxylation sites is 2. The van der Waals surface area contributed by atoms with Crippen molar-refractivity contribution in [3.8, 4) is 5.75 Å². The monoisotopic (exact) mass is 545 g/mol. The molecule has 3 aromatic rings. The van der Waals surface area contributed by atoms with E-state index in [-0.39, 0.29) is 22.0 Å². The van der Waals surface area contributed by atoms with Crippen LogP contribution in [0.25, 0.3) is 0 Å². The Balaban J connectivity index is 1.72. The van der Waals surface area contributed by atoms with Gasteiger partial charge in [0.2, 0.25) is 0 Å². The summed E-state index contributed by atoms with van der Waals surface area (Å²) < 4.78 is 33.8. The number of ether oxygens (including phenoxy) is 1. The highest BCUT2D eigenvalue weighted by atomic mass is 35.5. The zero-order valence-corrected chi connectivity index (χ0v) is 21.8. The molecule has 36 heavy (non-hydrogen) atoms. The summed E-state index contributed by atoms with van der Waals surface area (Å²) >= 11 is 7.60. The summed E-state index contributed by atoms with van der Waals surface area (Å²) in [6.45, 7) is 3.64. The van der Waals surface area contributed by atoms with Gasteiger partial charge in [0.1, 0.15) is 10.8 Å². The van der Waals surface area contributed by atoms with Gasteiger partial charge in [-0.25, -0.2) is 8.42 Å². The van der Waals surface area contributed by atoms with Crippen LogP contribution in [-0.4, -0.2) is 33.9 Å². The lowest BCUT2D eigenvalue weighted by atomic mass is 10.1. The number of methoxy groups -OCH3 is 1. The van der Waals surface area contributed by atoms with E-state index in [2.05, 4.69) is 11.9 Å². The van der Waals surface area contributed by atoms with Gasteiger partial charge in [-0.05, 0) is 55.2 Å². The number of nitrogens with one attached hydrogen (secondary N) is 1. The molecule has 11 heteroatoms. The molecule has 3 N–H and O–H groups in total. The second-order valence-corrected chi connectivity index (χ2v) is 11.4. The summed E-state index contributed by atoms with van der Waals surface area (Å²) in [4.78, 5) is 26.1. The number of rotatable bonds is 9. The summed E-state index contributed by atoms with van der Waals surface area (Å²) in [5, 5.41) is 3.11. The van der Waals surface area contributed by atoms with Crippen LogP contribution in [0.1, 0.15) is 37.6 Å². The maximum absolute atomic E-state index is 13.7. The highest BCUT2D eigenvalue weighted by Gasteiger charge is 2.29. The quantitative estimate of drug-likeness (QED) is 0.380. The molecule has 8 nitrogen and oxygen atoms in total. The van der Waals surface area contributed by atoms with Crippen LogP contribution in [-0.2, 0) is 22.9 Å². The first-order valence-corrected chi connectivity index (χ1v) is 13.6. The number of primary amides is 1. The van der Waals surface area contributed by atoms with Crippen molar-refractivity contribution in [1.82, 2.24) is 0 Å². The zero-order chi connectivity index (χ0) is 26.0. The lowest BCUT2D eigenvalue weighted by molar-refractivity contribution is 0.100. The summed E-state index contributed by atoms with van der Waals surface area (Å²) in [5.74, 6) is -0.907. The van der Waals surface area contributed by atoms with Crippen LogP contribution in [0.4, 0.5) is 10.7 Å². The molecule has 2 amide bonds. The van der Waals surface area contributed by atoms with Gasteiger partial charge in [0, 0.05) is 4.88 Å². The summed E-state index contributed by atoms with van der Waals surface area (Å²) in [6.07, 6.45) is 3.91. The standard InChI is InChI=1S/C25H24ClN3O5S2/c1-3-13-29(19-8-4-5-9-20(19)34-2)36(32,33)15-11-12-18(26)17(14-15)24(31)28-25-22(23(27)30)16-7-6-10-21(16)35-25/h3-5,8-9,11-12,14H,1,6-7,10,13H2,2H3,(H2,27,30)(H,28,31). The van der Waals surface area contributed by atoms with Crippen LogP contribution in [0.15, 0.2) is 60.0 Å². The normalized spacial score (nSPS) is 12.6. The van der Waals surface area contributed by atoms with Crippen LogP contribution in [0, 0.1) is 0 Å². The summed E-state index contributed by atoms with van der Waals surface area (Å²) in [6, 6.07) is 10.6. The van der Waals surface area contributed by atoms with Gasteiger partial charge in [-0.2, -0.15) is 0 Å². The molecule has 1 aromatic heterocycles. The number of nitrogens with two attached hydrogens (primary N) is 1. The minimum Gasteiger partial charge on any atom is -0.495 e. The molecule has 0 unspecified atom stereocenters. The molecule has 0 saturated heterocycles. The molecule has 2 aromatic carbocycles. The number of amides is 2. The highest BCUT2D eigenvalue weighted by molar-refractivity contribution is 7.92. The Labute approximate surface area is 218 Å². The molecular weight excluding hydrogens is 522 g/mol. The van der Waals surface area contributed by atoms with Crippen molar-refractivity contribution in [3.05, 3.63) is 81.7 Å². The number of thiophene rings is 1. The fourth-order valence-electron chi connectivity index (χ4n) is 4.17. The zero-order valence-electron chi connectivity index (χ0n) is 19.4. The molecule has 0 radical (unpaired) electrons. The molecule has 0 bridgehead atoms. The number of halogens is 1. The summed E-state index contributed by atoms with van der Waals surface area (Å²) in [7, 11) is -2.69. The van der Waals surface area contributed by atoms with Crippen LogP contribution < -0.4 is 20.1 Å². The number of nitrogens with zero attached hydrogens (tertiary/aromatic N) is 1. The fourth-order valence-corrected chi connectivity index (χ4v) is 7.13. The number of benzene rings is 2. The predicted molar refractivity (Wildman–Crippen MR) is 142 cm³/mol. The first-order chi connectivity index (χ1) is 17.2. The van der Waals surface area contributed by atoms with Crippen molar-refractivity contribution in [2.45, 2.75) is 24.2 Å². The minimum atomic E-state index is -4.14. The maximum atomic E-state index is 13.7. The van der Waals surface area contributed by atoms with Crippen LogP contribution >= 0.6 is 22.9 Å². The molecule has 0 fully saturated rings.